The van der Waals surface area contributed by atoms with Gasteiger partial charge in [-0.05, 0) is 55.9 Å². The summed E-state index contributed by atoms with van der Waals surface area (Å²) in [5, 5.41) is 3.39. The van der Waals surface area contributed by atoms with E-state index in [1.165, 1.54) is 25.7 Å². The summed E-state index contributed by atoms with van der Waals surface area (Å²) in [7, 11) is -3.17. The monoisotopic (exact) mass is 359 g/mol. The average molecular weight is 360 g/mol. The predicted molar refractivity (Wildman–Crippen MR) is 85.6 cm³/mol. The number of hydrogen-bond donors (Lipinski definition) is 1. The highest BCUT2D eigenvalue weighted by atomic mass is 79.9. The van der Waals surface area contributed by atoms with E-state index in [4.69, 9.17) is 0 Å². The topological polar surface area (TPSA) is 46.2 Å². The first-order valence-electron chi connectivity index (χ1n) is 7.19. The number of hydrogen-bond acceptors (Lipinski definition) is 3. The molecule has 1 N–H and O–H groups in total. The second-order valence-corrected chi connectivity index (χ2v) is 8.71. The lowest BCUT2D eigenvalue weighted by Crippen LogP contribution is -2.35. The zero-order valence-electron chi connectivity index (χ0n) is 11.8. The van der Waals surface area contributed by atoms with Gasteiger partial charge in [0.15, 0.2) is 9.84 Å². The van der Waals surface area contributed by atoms with E-state index in [9.17, 15) is 8.42 Å². The standard InChI is InChI=1S/C15H22BrNO2S/c1-12-2-6-14(7-3-12)17-10-11-20(18,19)15-8-4-13(16)5-9-15/h4-5,8-9,12,14,17H,2-3,6-7,10-11H2,1H3. The van der Waals surface area contributed by atoms with Crippen LogP contribution in [0.4, 0.5) is 0 Å². The fourth-order valence-corrected chi connectivity index (χ4v) is 4.06. The Morgan fingerprint density at radius 1 is 1.15 bits per heavy atom. The van der Waals surface area contributed by atoms with Crippen LogP contribution in [0.3, 0.4) is 0 Å². The number of sulfone groups is 1. The van der Waals surface area contributed by atoms with Crippen LogP contribution in [0, 0.1) is 5.92 Å². The minimum Gasteiger partial charge on any atom is -0.313 e. The number of benzene rings is 1. The first kappa shape index (κ1) is 16.0. The minimum atomic E-state index is -3.17. The van der Waals surface area contributed by atoms with E-state index in [2.05, 4.69) is 28.2 Å². The lowest BCUT2D eigenvalue weighted by molar-refractivity contribution is 0.311. The highest BCUT2D eigenvalue weighted by Crippen LogP contribution is 2.23. The van der Waals surface area contributed by atoms with Gasteiger partial charge in [0.05, 0.1) is 10.6 Å². The van der Waals surface area contributed by atoms with Gasteiger partial charge in [0.25, 0.3) is 0 Å². The average Bonchev–Trinajstić information content (AvgIpc) is 2.41. The molecule has 1 saturated carbocycles. The van der Waals surface area contributed by atoms with Crippen molar-refractivity contribution in [2.75, 3.05) is 12.3 Å². The van der Waals surface area contributed by atoms with Crippen LogP contribution in [0.15, 0.2) is 33.6 Å². The molecule has 2 rings (SSSR count). The van der Waals surface area contributed by atoms with Gasteiger partial charge in [0, 0.05) is 17.1 Å². The predicted octanol–water partition coefficient (Wildman–Crippen LogP) is 3.39. The molecule has 1 fully saturated rings. The summed E-state index contributed by atoms with van der Waals surface area (Å²) in [6.07, 6.45) is 4.83. The van der Waals surface area contributed by atoms with Gasteiger partial charge in [-0.1, -0.05) is 22.9 Å². The second kappa shape index (κ2) is 7.05. The molecule has 0 amide bonds. The van der Waals surface area contributed by atoms with Crippen molar-refractivity contribution in [3.8, 4) is 0 Å². The zero-order chi connectivity index (χ0) is 14.6. The Hall–Kier alpha value is -0.390. The number of rotatable bonds is 5. The lowest BCUT2D eigenvalue weighted by Gasteiger charge is -2.27. The van der Waals surface area contributed by atoms with Gasteiger partial charge in [-0.25, -0.2) is 8.42 Å². The second-order valence-electron chi connectivity index (χ2n) is 5.68. The third kappa shape index (κ3) is 4.57. The van der Waals surface area contributed by atoms with Crippen LogP contribution in [0.1, 0.15) is 32.6 Å². The Morgan fingerprint density at radius 3 is 2.35 bits per heavy atom. The third-order valence-electron chi connectivity index (χ3n) is 3.99. The molecular weight excluding hydrogens is 338 g/mol. The van der Waals surface area contributed by atoms with Crippen LogP contribution < -0.4 is 5.32 Å². The highest BCUT2D eigenvalue weighted by Gasteiger charge is 2.19. The van der Waals surface area contributed by atoms with E-state index in [1.807, 2.05) is 0 Å². The van der Waals surface area contributed by atoms with E-state index in [-0.39, 0.29) is 5.75 Å². The lowest BCUT2D eigenvalue weighted by atomic mass is 9.87. The van der Waals surface area contributed by atoms with Crippen molar-refractivity contribution in [1.29, 1.82) is 0 Å². The van der Waals surface area contributed by atoms with Gasteiger partial charge in [0.1, 0.15) is 0 Å². The summed E-state index contributed by atoms with van der Waals surface area (Å²) in [6.45, 7) is 2.83. The molecule has 0 aliphatic heterocycles. The molecular formula is C15H22BrNO2S. The fourth-order valence-electron chi connectivity index (χ4n) is 2.62. The molecule has 0 aromatic heterocycles. The summed E-state index contributed by atoms with van der Waals surface area (Å²) in [5.41, 5.74) is 0. The summed E-state index contributed by atoms with van der Waals surface area (Å²) in [4.78, 5) is 0.403. The SMILES string of the molecule is CC1CCC(NCCS(=O)(=O)c2ccc(Br)cc2)CC1. The van der Waals surface area contributed by atoms with Crippen molar-refractivity contribution in [2.24, 2.45) is 5.92 Å². The smallest absolute Gasteiger partial charge is 0.179 e. The summed E-state index contributed by atoms with van der Waals surface area (Å²) < 4.78 is 25.3. The molecule has 1 aliphatic rings. The molecule has 1 aliphatic carbocycles. The molecule has 0 atom stereocenters. The first-order valence-corrected chi connectivity index (χ1v) is 9.63. The van der Waals surface area contributed by atoms with Crippen LogP contribution in [0.2, 0.25) is 0 Å². The molecule has 0 spiro atoms. The number of halogens is 1. The summed E-state index contributed by atoms with van der Waals surface area (Å²) >= 11 is 3.31. The van der Waals surface area contributed by atoms with Gasteiger partial charge in [-0.2, -0.15) is 0 Å². The molecule has 0 radical (unpaired) electrons. The van der Waals surface area contributed by atoms with E-state index in [0.29, 0.717) is 17.5 Å². The van der Waals surface area contributed by atoms with Gasteiger partial charge in [0.2, 0.25) is 0 Å². The van der Waals surface area contributed by atoms with Crippen LogP contribution in [0.25, 0.3) is 0 Å². The van der Waals surface area contributed by atoms with E-state index >= 15 is 0 Å². The largest absolute Gasteiger partial charge is 0.313 e. The molecule has 5 heteroatoms. The molecule has 0 unspecified atom stereocenters. The van der Waals surface area contributed by atoms with Crippen LogP contribution in [-0.2, 0) is 9.84 Å². The van der Waals surface area contributed by atoms with E-state index in [0.717, 1.165) is 10.4 Å². The van der Waals surface area contributed by atoms with Crippen molar-refractivity contribution < 1.29 is 8.42 Å². The maximum atomic E-state index is 12.2. The van der Waals surface area contributed by atoms with Crippen molar-refractivity contribution in [1.82, 2.24) is 5.32 Å². The van der Waals surface area contributed by atoms with Gasteiger partial charge >= 0.3 is 0 Å². The quantitative estimate of drug-likeness (QED) is 0.876. The number of nitrogens with one attached hydrogen (secondary N) is 1. The fraction of sp³-hybridized carbons (Fsp3) is 0.600. The molecule has 20 heavy (non-hydrogen) atoms. The maximum absolute atomic E-state index is 12.2. The van der Waals surface area contributed by atoms with Crippen molar-refractivity contribution in [2.45, 2.75) is 43.5 Å². The third-order valence-corrected chi connectivity index (χ3v) is 6.25. The van der Waals surface area contributed by atoms with E-state index in [1.54, 1.807) is 24.3 Å². The highest BCUT2D eigenvalue weighted by molar-refractivity contribution is 9.10. The summed E-state index contributed by atoms with van der Waals surface area (Å²) in [5.74, 6) is 0.986. The first-order chi connectivity index (χ1) is 9.47. The van der Waals surface area contributed by atoms with Crippen LogP contribution >= 0.6 is 15.9 Å². The van der Waals surface area contributed by atoms with Gasteiger partial charge in [-0.15, -0.1) is 0 Å². The van der Waals surface area contributed by atoms with E-state index < -0.39 is 9.84 Å². The molecule has 1 aromatic carbocycles. The Bertz CT molecular complexity index is 519. The Kier molecular flexibility index (Phi) is 5.64. The Balaban J connectivity index is 1.82. The van der Waals surface area contributed by atoms with Gasteiger partial charge < -0.3 is 5.32 Å². The molecule has 0 saturated heterocycles. The molecule has 3 nitrogen and oxygen atoms in total. The van der Waals surface area contributed by atoms with Crippen LogP contribution in [-0.4, -0.2) is 26.8 Å². The Labute approximate surface area is 130 Å². The van der Waals surface area contributed by atoms with Crippen molar-refractivity contribution in [3.63, 3.8) is 0 Å². The zero-order valence-corrected chi connectivity index (χ0v) is 14.2. The van der Waals surface area contributed by atoms with Crippen molar-refractivity contribution >= 4 is 25.8 Å². The maximum Gasteiger partial charge on any atom is 0.179 e. The Morgan fingerprint density at radius 2 is 1.75 bits per heavy atom. The van der Waals surface area contributed by atoms with Gasteiger partial charge in [-0.3, -0.25) is 0 Å². The molecule has 0 bridgehead atoms. The van der Waals surface area contributed by atoms with Crippen LogP contribution in [0.5, 0.6) is 0 Å². The normalized spacial score (nSPS) is 23.7. The summed E-state index contributed by atoms with van der Waals surface area (Å²) in [6, 6.07) is 7.33. The minimum absolute atomic E-state index is 0.167. The van der Waals surface area contributed by atoms with Crippen molar-refractivity contribution in [3.05, 3.63) is 28.7 Å². The molecule has 0 heterocycles. The molecule has 1 aromatic rings. The molecule has 112 valence electrons.